The van der Waals surface area contributed by atoms with E-state index in [-0.39, 0.29) is 16.0 Å². The van der Waals surface area contributed by atoms with Crippen molar-refractivity contribution in [2.75, 3.05) is 6.54 Å². The highest BCUT2D eigenvalue weighted by Gasteiger charge is 2.03. The molecule has 2 amide bonds. The number of nitrogens with two attached hydrogens (primary N) is 1. The normalized spacial score (nSPS) is 8.59. The first-order valence-electron chi connectivity index (χ1n) is 5.41. The molecule has 3 N–H and O–H groups in total. The monoisotopic (exact) mass is 242 g/mol. The van der Waals surface area contributed by atoms with Gasteiger partial charge in [-0.25, -0.2) is 4.79 Å². The van der Waals surface area contributed by atoms with Crippen LogP contribution in [-0.4, -0.2) is 18.5 Å². The van der Waals surface area contributed by atoms with E-state index in [1.165, 1.54) is 0 Å². The van der Waals surface area contributed by atoms with Crippen molar-refractivity contribution in [3.63, 3.8) is 0 Å². The zero-order valence-electron chi connectivity index (χ0n) is 10.1. The highest BCUT2D eigenvalue weighted by Crippen LogP contribution is 2.00. The van der Waals surface area contributed by atoms with Gasteiger partial charge in [-0.05, 0) is 5.56 Å². The van der Waals surface area contributed by atoms with Crippen LogP contribution >= 0.6 is 0 Å². The van der Waals surface area contributed by atoms with Gasteiger partial charge in [0, 0.05) is 2.85 Å². The molecule has 0 saturated carbocycles. The van der Waals surface area contributed by atoms with E-state index in [9.17, 15) is 9.59 Å². The molecule has 0 atom stereocenters. The van der Waals surface area contributed by atoms with Gasteiger partial charge in [0.05, 0.1) is 6.54 Å². The average Bonchev–Trinajstić information content (AvgIpc) is 2.37. The minimum atomic E-state index is -0.655. The number of rotatable bonds is 4. The van der Waals surface area contributed by atoms with Crippen LogP contribution in [0.3, 0.4) is 0 Å². The second-order valence-corrected chi connectivity index (χ2v) is 2.88. The molecule has 0 aliphatic carbocycles. The highest BCUT2D eigenvalue weighted by molar-refractivity contribution is 5.80. The Kier molecular flexibility index (Phi) is 8.10. The number of primary amides is 1. The number of benzene rings is 1. The quantitative estimate of drug-likeness (QED) is 0.846. The van der Waals surface area contributed by atoms with Crippen LogP contribution in [0.5, 0.6) is 0 Å². The fraction of sp³-hybridized carbons (Fsp3) is 0.333. The Labute approximate surface area is 104 Å². The number of hydrogen-bond acceptors (Lipinski definition) is 3. The molecule has 5 heteroatoms. The summed E-state index contributed by atoms with van der Waals surface area (Å²) in [7, 11) is 0. The maximum Gasteiger partial charge on any atom is 0.407 e. The molecule has 1 rings (SSSR count). The van der Waals surface area contributed by atoms with Gasteiger partial charge in [-0.1, -0.05) is 44.2 Å². The molecule has 0 aliphatic rings. The Morgan fingerprint density at radius 3 is 2.41 bits per heavy atom. The summed E-state index contributed by atoms with van der Waals surface area (Å²) in [4.78, 5) is 21.3. The Morgan fingerprint density at radius 1 is 1.29 bits per heavy atom. The maximum atomic E-state index is 11.0. The molecule has 1 aromatic carbocycles. The van der Waals surface area contributed by atoms with Gasteiger partial charge in [-0.2, -0.15) is 0 Å². The van der Waals surface area contributed by atoms with E-state index in [1.807, 2.05) is 44.2 Å². The van der Waals surface area contributed by atoms with Crippen molar-refractivity contribution in [3.05, 3.63) is 35.9 Å². The lowest BCUT2D eigenvalue weighted by atomic mass is 10.2. The summed E-state index contributed by atoms with van der Waals surface area (Å²) in [5.41, 5.74) is 5.72. The number of hydrogen-bond donors (Lipinski definition) is 2. The van der Waals surface area contributed by atoms with Crippen LogP contribution in [0.25, 0.3) is 0 Å². The van der Waals surface area contributed by atoms with E-state index in [0.29, 0.717) is 0 Å². The summed E-state index contributed by atoms with van der Waals surface area (Å²) in [5, 5.41) is 2.22. The molecule has 0 radical (unpaired) electrons. The van der Waals surface area contributed by atoms with Gasteiger partial charge in [0.25, 0.3) is 0 Å². The molecule has 17 heavy (non-hydrogen) atoms. The summed E-state index contributed by atoms with van der Waals surface area (Å²) in [5.74, 6) is -0.605. The number of amides is 2. The second kappa shape index (κ2) is 9.21. The van der Waals surface area contributed by atoms with Crippen LogP contribution in [0, 0.1) is 0 Å². The molecular weight excluding hydrogens is 220 g/mol. The minimum absolute atomic E-state index is 0. The van der Waals surface area contributed by atoms with Crippen LogP contribution in [0.15, 0.2) is 30.3 Å². The van der Waals surface area contributed by atoms with Gasteiger partial charge in [-0.15, -0.1) is 0 Å². The lowest BCUT2D eigenvalue weighted by molar-refractivity contribution is -0.117. The van der Waals surface area contributed by atoms with Crippen LogP contribution in [-0.2, 0) is 16.1 Å². The Morgan fingerprint density at radius 2 is 1.88 bits per heavy atom. The van der Waals surface area contributed by atoms with Crippen molar-refractivity contribution in [2.45, 2.75) is 20.5 Å². The Balaban J connectivity index is -0.000000609. The molecule has 0 saturated heterocycles. The van der Waals surface area contributed by atoms with Gasteiger partial charge in [0.1, 0.15) is 6.61 Å². The van der Waals surface area contributed by atoms with Crippen LogP contribution in [0.2, 0.25) is 0 Å². The molecule has 0 aliphatic heterocycles. The fourth-order valence-corrected chi connectivity index (χ4v) is 0.933. The Bertz CT molecular complexity index is 348. The first kappa shape index (κ1) is 15.0. The molecule has 5 nitrogen and oxygen atoms in total. The van der Waals surface area contributed by atoms with Gasteiger partial charge in [-0.3, -0.25) is 4.79 Å². The van der Waals surface area contributed by atoms with Gasteiger partial charge in [0.2, 0.25) is 5.91 Å². The smallest absolute Gasteiger partial charge is 0.407 e. The van der Waals surface area contributed by atoms with E-state index in [2.05, 4.69) is 5.32 Å². The van der Waals surface area contributed by atoms with Gasteiger partial charge >= 0.3 is 6.09 Å². The SMILES string of the molecule is CC.NC(=O)CNC(=O)OCc1ccccc1.[HH].[HH]. The molecule has 0 bridgehead atoms. The highest BCUT2D eigenvalue weighted by atomic mass is 16.5. The zero-order valence-corrected chi connectivity index (χ0v) is 10.1. The van der Waals surface area contributed by atoms with E-state index in [4.69, 9.17) is 10.5 Å². The van der Waals surface area contributed by atoms with E-state index in [0.717, 1.165) is 5.56 Å². The van der Waals surface area contributed by atoms with Crippen molar-refractivity contribution >= 4 is 12.0 Å². The lowest BCUT2D eigenvalue weighted by Gasteiger charge is -2.05. The van der Waals surface area contributed by atoms with Crippen LogP contribution < -0.4 is 11.1 Å². The molecule has 98 valence electrons. The summed E-state index contributed by atoms with van der Waals surface area (Å²) in [6.07, 6.45) is -0.655. The summed E-state index contributed by atoms with van der Waals surface area (Å²) in [6.45, 7) is 3.96. The first-order valence-corrected chi connectivity index (χ1v) is 5.41. The average molecular weight is 242 g/mol. The standard InChI is InChI=1S/C10H12N2O3.C2H6.2H2/c11-9(13)6-12-10(14)15-7-8-4-2-1-3-5-8;1-2;;/h1-5H,6-7H2,(H2,11,13)(H,12,14);1-2H3;2*1H. The molecule has 0 fully saturated rings. The van der Waals surface area contributed by atoms with E-state index >= 15 is 0 Å². The van der Waals surface area contributed by atoms with Crippen molar-refractivity contribution in [1.29, 1.82) is 0 Å². The first-order chi connectivity index (χ1) is 8.18. The molecular formula is C12H22N2O3. The number of carbonyl (C=O) groups excluding carboxylic acids is 2. The van der Waals surface area contributed by atoms with Crippen LogP contribution in [0.1, 0.15) is 22.3 Å². The second-order valence-electron chi connectivity index (χ2n) is 2.88. The van der Waals surface area contributed by atoms with Crippen LogP contribution in [0.4, 0.5) is 4.79 Å². The number of carbonyl (C=O) groups is 2. The minimum Gasteiger partial charge on any atom is -0.445 e. The number of alkyl carbamates (subject to hydrolysis) is 1. The van der Waals surface area contributed by atoms with Gasteiger partial charge in [0.15, 0.2) is 0 Å². The largest absolute Gasteiger partial charge is 0.445 e. The molecule has 0 unspecified atom stereocenters. The maximum absolute atomic E-state index is 11.0. The fourth-order valence-electron chi connectivity index (χ4n) is 0.933. The zero-order chi connectivity index (χ0) is 13.1. The molecule has 0 aromatic heterocycles. The number of nitrogens with one attached hydrogen (secondary N) is 1. The predicted molar refractivity (Wildman–Crippen MR) is 69.4 cm³/mol. The summed E-state index contributed by atoms with van der Waals surface area (Å²) < 4.78 is 4.82. The topological polar surface area (TPSA) is 81.4 Å². The third-order valence-corrected chi connectivity index (χ3v) is 1.62. The lowest BCUT2D eigenvalue weighted by Crippen LogP contribution is -2.33. The molecule has 1 aromatic rings. The predicted octanol–water partition coefficient (Wildman–Crippen LogP) is 1.92. The Hall–Kier alpha value is -2.04. The summed E-state index contributed by atoms with van der Waals surface area (Å²) >= 11 is 0. The summed E-state index contributed by atoms with van der Waals surface area (Å²) in [6, 6.07) is 9.24. The van der Waals surface area contributed by atoms with E-state index < -0.39 is 12.0 Å². The van der Waals surface area contributed by atoms with Crippen molar-refractivity contribution in [1.82, 2.24) is 5.32 Å². The van der Waals surface area contributed by atoms with Crippen molar-refractivity contribution < 1.29 is 17.2 Å². The third-order valence-electron chi connectivity index (χ3n) is 1.62. The van der Waals surface area contributed by atoms with Gasteiger partial charge < -0.3 is 15.8 Å². The van der Waals surface area contributed by atoms with Crippen molar-refractivity contribution in [3.8, 4) is 0 Å². The van der Waals surface area contributed by atoms with Crippen molar-refractivity contribution in [2.24, 2.45) is 5.73 Å². The molecule has 0 heterocycles. The van der Waals surface area contributed by atoms with E-state index in [1.54, 1.807) is 0 Å². The number of ether oxygens (including phenoxy) is 1. The molecule has 0 spiro atoms. The third kappa shape index (κ3) is 7.84.